The van der Waals surface area contributed by atoms with Crippen LogP contribution in [-0.4, -0.2) is 59.5 Å². The lowest BCUT2D eigenvalue weighted by molar-refractivity contribution is 0.0697. The van der Waals surface area contributed by atoms with E-state index < -0.39 is 10.0 Å². The van der Waals surface area contributed by atoms with Crippen molar-refractivity contribution in [3.8, 4) is 0 Å². The number of rotatable bonds is 5. The first-order chi connectivity index (χ1) is 16.5. The van der Waals surface area contributed by atoms with Crippen molar-refractivity contribution in [1.82, 2.24) is 19.0 Å². The molecule has 1 aromatic heterocycles. The van der Waals surface area contributed by atoms with Gasteiger partial charge in [-0.25, -0.2) is 8.42 Å². The fourth-order valence-electron chi connectivity index (χ4n) is 4.52. The molecule has 35 heavy (non-hydrogen) atoms. The van der Waals surface area contributed by atoms with Crippen LogP contribution in [0.2, 0.25) is 0 Å². The number of hydrogen-bond donors (Lipinski definition) is 0. The van der Waals surface area contributed by atoms with E-state index in [2.05, 4.69) is 25.9 Å². The van der Waals surface area contributed by atoms with Gasteiger partial charge in [0.2, 0.25) is 10.0 Å². The van der Waals surface area contributed by atoms with Crippen molar-refractivity contribution >= 4 is 15.9 Å². The predicted molar refractivity (Wildman–Crippen MR) is 137 cm³/mol. The van der Waals surface area contributed by atoms with Crippen LogP contribution in [0.1, 0.15) is 53.6 Å². The van der Waals surface area contributed by atoms with Gasteiger partial charge in [-0.2, -0.15) is 9.40 Å². The van der Waals surface area contributed by atoms with Crippen molar-refractivity contribution in [2.24, 2.45) is 0 Å². The fourth-order valence-corrected chi connectivity index (χ4v) is 6.32. The van der Waals surface area contributed by atoms with Crippen LogP contribution in [-0.2, 0) is 22.0 Å². The molecule has 1 aliphatic rings. The third-order valence-electron chi connectivity index (χ3n) is 6.61. The highest BCUT2D eigenvalue weighted by molar-refractivity contribution is 7.89. The summed E-state index contributed by atoms with van der Waals surface area (Å²) in [7, 11) is -3.72. The van der Waals surface area contributed by atoms with E-state index in [0.29, 0.717) is 36.6 Å². The first kappa shape index (κ1) is 25.1. The molecule has 0 spiro atoms. The maximum absolute atomic E-state index is 13.5. The third-order valence-corrected chi connectivity index (χ3v) is 8.76. The maximum Gasteiger partial charge on any atom is 0.253 e. The number of piperazine rings is 1. The highest BCUT2D eigenvalue weighted by Crippen LogP contribution is 2.26. The Kier molecular flexibility index (Phi) is 6.88. The molecule has 1 saturated heterocycles. The number of carbonyl (C=O) groups is 1. The van der Waals surface area contributed by atoms with Crippen LogP contribution in [0.5, 0.6) is 0 Å². The molecule has 0 unspecified atom stereocenters. The summed E-state index contributed by atoms with van der Waals surface area (Å²) in [6.07, 6.45) is 0. The van der Waals surface area contributed by atoms with Crippen LogP contribution < -0.4 is 0 Å². The summed E-state index contributed by atoms with van der Waals surface area (Å²) in [6.45, 7) is 11.7. The summed E-state index contributed by atoms with van der Waals surface area (Å²) in [4.78, 5) is 15.0. The molecule has 0 N–H and O–H groups in total. The van der Waals surface area contributed by atoms with Gasteiger partial charge in [0.05, 0.1) is 17.9 Å². The lowest BCUT2D eigenvalue weighted by Gasteiger charge is -2.34. The standard InChI is InChI=1S/C27H34N4O3S/c1-20-25(21(2)31(28-20)19-22-9-7-6-8-10-22)35(33,34)30-17-15-29(16-18-30)26(32)23-11-13-24(14-12-23)27(3,4)5/h6-14H,15-19H2,1-5H3. The molecule has 0 saturated carbocycles. The second-order valence-corrected chi connectivity index (χ2v) is 12.0. The van der Waals surface area contributed by atoms with Gasteiger partial charge in [-0.05, 0) is 42.5 Å². The van der Waals surface area contributed by atoms with Gasteiger partial charge >= 0.3 is 0 Å². The number of amides is 1. The summed E-state index contributed by atoms with van der Waals surface area (Å²) in [5.74, 6) is -0.0643. The average molecular weight is 495 g/mol. The van der Waals surface area contributed by atoms with Gasteiger partial charge < -0.3 is 4.90 Å². The molecule has 2 aromatic carbocycles. The lowest BCUT2D eigenvalue weighted by Crippen LogP contribution is -2.50. The Bertz CT molecular complexity index is 1300. The average Bonchev–Trinajstić information content (AvgIpc) is 3.12. The van der Waals surface area contributed by atoms with Crippen LogP contribution in [0.4, 0.5) is 0 Å². The van der Waals surface area contributed by atoms with Crippen molar-refractivity contribution in [2.45, 2.75) is 51.5 Å². The van der Waals surface area contributed by atoms with E-state index in [1.54, 1.807) is 23.4 Å². The molecular weight excluding hydrogens is 460 g/mol. The third kappa shape index (κ3) is 5.18. The molecule has 0 bridgehead atoms. The van der Waals surface area contributed by atoms with Crippen molar-refractivity contribution < 1.29 is 13.2 Å². The molecular formula is C27H34N4O3S. The number of sulfonamides is 1. The van der Waals surface area contributed by atoms with E-state index in [1.165, 1.54) is 9.87 Å². The van der Waals surface area contributed by atoms with Gasteiger partial charge in [0.1, 0.15) is 4.90 Å². The molecule has 186 valence electrons. The van der Waals surface area contributed by atoms with Gasteiger partial charge in [-0.1, -0.05) is 63.2 Å². The summed E-state index contributed by atoms with van der Waals surface area (Å²) < 4.78 is 30.3. The minimum atomic E-state index is -3.72. The van der Waals surface area contributed by atoms with Crippen LogP contribution in [0.25, 0.3) is 0 Å². The molecule has 1 fully saturated rings. The number of carbonyl (C=O) groups excluding carboxylic acids is 1. The smallest absolute Gasteiger partial charge is 0.253 e. The number of aromatic nitrogens is 2. The minimum Gasteiger partial charge on any atom is -0.336 e. The highest BCUT2D eigenvalue weighted by Gasteiger charge is 2.34. The molecule has 3 aromatic rings. The zero-order chi connectivity index (χ0) is 25.4. The van der Waals surface area contributed by atoms with Crippen LogP contribution in [0.15, 0.2) is 59.5 Å². The summed E-state index contributed by atoms with van der Waals surface area (Å²) in [5, 5.41) is 4.52. The van der Waals surface area contributed by atoms with Gasteiger partial charge in [0.25, 0.3) is 5.91 Å². The summed E-state index contributed by atoms with van der Waals surface area (Å²) in [6, 6.07) is 17.6. The van der Waals surface area contributed by atoms with Gasteiger partial charge in [0.15, 0.2) is 0 Å². The van der Waals surface area contributed by atoms with E-state index in [1.807, 2.05) is 54.6 Å². The Morgan fingerprint density at radius 1 is 0.914 bits per heavy atom. The van der Waals surface area contributed by atoms with Crippen molar-refractivity contribution in [3.63, 3.8) is 0 Å². The SMILES string of the molecule is Cc1nn(Cc2ccccc2)c(C)c1S(=O)(=O)N1CCN(C(=O)c2ccc(C(C)(C)C)cc2)CC1. The normalized spacial score (nSPS) is 15.4. The molecule has 1 amide bonds. The Balaban J connectivity index is 1.46. The van der Waals surface area contributed by atoms with Crippen molar-refractivity contribution in [3.05, 3.63) is 82.7 Å². The molecule has 7 nitrogen and oxygen atoms in total. The van der Waals surface area contributed by atoms with E-state index >= 15 is 0 Å². The van der Waals surface area contributed by atoms with E-state index in [4.69, 9.17) is 0 Å². The van der Waals surface area contributed by atoms with E-state index in [0.717, 1.165) is 5.56 Å². The fraction of sp³-hybridized carbons (Fsp3) is 0.407. The number of hydrogen-bond acceptors (Lipinski definition) is 4. The van der Waals surface area contributed by atoms with E-state index in [9.17, 15) is 13.2 Å². The Labute approximate surface area is 208 Å². The van der Waals surface area contributed by atoms with Crippen molar-refractivity contribution in [2.75, 3.05) is 26.2 Å². The van der Waals surface area contributed by atoms with Gasteiger partial charge in [-0.15, -0.1) is 0 Å². The molecule has 0 aliphatic carbocycles. The zero-order valence-corrected chi connectivity index (χ0v) is 22.0. The lowest BCUT2D eigenvalue weighted by atomic mass is 9.86. The Hall–Kier alpha value is -2.97. The quantitative estimate of drug-likeness (QED) is 0.537. The Morgan fingerprint density at radius 2 is 1.51 bits per heavy atom. The first-order valence-corrected chi connectivity index (χ1v) is 13.4. The van der Waals surface area contributed by atoms with Crippen LogP contribution >= 0.6 is 0 Å². The zero-order valence-electron chi connectivity index (χ0n) is 21.2. The molecule has 8 heteroatoms. The van der Waals surface area contributed by atoms with Crippen molar-refractivity contribution in [1.29, 1.82) is 0 Å². The highest BCUT2D eigenvalue weighted by atomic mass is 32.2. The number of benzene rings is 2. The largest absolute Gasteiger partial charge is 0.336 e. The topological polar surface area (TPSA) is 75.5 Å². The Morgan fingerprint density at radius 3 is 2.09 bits per heavy atom. The van der Waals surface area contributed by atoms with E-state index in [-0.39, 0.29) is 29.3 Å². The molecule has 0 atom stereocenters. The van der Waals surface area contributed by atoms with Crippen LogP contribution in [0.3, 0.4) is 0 Å². The number of aryl methyl sites for hydroxylation is 1. The summed E-state index contributed by atoms with van der Waals surface area (Å²) >= 11 is 0. The second kappa shape index (κ2) is 9.59. The monoisotopic (exact) mass is 494 g/mol. The van der Waals surface area contributed by atoms with Gasteiger partial charge in [-0.3, -0.25) is 9.48 Å². The molecule has 2 heterocycles. The summed E-state index contributed by atoms with van der Waals surface area (Å²) in [5.41, 5.74) is 4.00. The maximum atomic E-state index is 13.5. The predicted octanol–water partition coefficient (Wildman–Crippen LogP) is 3.99. The first-order valence-electron chi connectivity index (χ1n) is 12.0. The number of nitrogens with zero attached hydrogens (tertiary/aromatic N) is 4. The molecule has 4 rings (SSSR count). The second-order valence-electron chi connectivity index (χ2n) is 10.2. The van der Waals surface area contributed by atoms with Crippen LogP contribution in [0, 0.1) is 13.8 Å². The molecule has 0 radical (unpaired) electrons. The van der Waals surface area contributed by atoms with Gasteiger partial charge in [0, 0.05) is 31.7 Å². The minimum absolute atomic E-state index is 0.0206. The molecule has 1 aliphatic heterocycles.